The number of carbonyl (C=O) groups excluding carboxylic acids is 2. The van der Waals surface area contributed by atoms with Crippen molar-refractivity contribution in [2.45, 2.75) is 13.0 Å². The number of carbonyl (C=O) groups is 2. The van der Waals surface area contributed by atoms with Gasteiger partial charge in [0.25, 0.3) is 0 Å². The number of nitrogens with zero attached hydrogens (tertiary/aromatic N) is 1. The number of hydrogen-bond donors (Lipinski definition) is 2. The number of nitrogens with one attached hydrogen (secondary N) is 1. The molecule has 0 aliphatic carbocycles. The van der Waals surface area contributed by atoms with Gasteiger partial charge in [0.05, 0.1) is 6.04 Å². The van der Waals surface area contributed by atoms with Crippen molar-refractivity contribution in [1.29, 1.82) is 0 Å². The highest BCUT2D eigenvalue weighted by Crippen LogP contribution is 2.22. The zero-order valence-corrected chi connectivity index (χ0v) is 13.7. The summed E-state index contributed by atoms with van der Waals surface area (Å²) < 4.78 is 0. The number of anilines is 1. The van der Waals surface area contributed by atoms with Crippen molar-refractivity contribution < 1.29 is 9.59 Å². The first-order valence-electron chi connectivity index (χ1n) is 7.07. The maximum Gasteiger partial charge on any atom is 0.322 e. The van der Waals surface area contributed by atoms with Gasteiger partial charge >= 0.3 is 6.03 Å². The van der Waals surface area contributed by atoms with Gasteiger partial charge in [0.2, 0.25) is 5.91 Å². The Balaban J connectivity index is 2.10. The summed E-state index contributed by atoms with van der Waals surface area (Å²) in [6.45, 7) is 1.91. The number of benzene rings is 2. The van der Waals surface area contributed by atoms with E-state index in [-0.39, 0.29) is 12.1 Å². The topological polar surface area (TPSA) is 75.4 Å². The van der Waals surface area contributed by atoms with E-state index in [0.29, 0.717) is 16.3 Å². The zero-order valence-electron chi connectivity index (χ0n) is 12.9. The fourth-order valence-corrected chi connectivity index (χ4v) is 2.33. The van der Waals surface area contributed by atoms with E-state index in [4.69, 9.17) is 17.3 Å². The number of halogens is 1. The number of urea groups is 1. The van der Waals surface area contributed by atoms with Gasteiger partial charge < -0.3 is 16.0 Å². The summed E-state index contributed by atoms with van der Waals surface area (Å²) in [6.07, 6.45) is 0. The quantitative estimate of drug-likeness (QED) is 0.897. The SMILES string of the molecule is CC(c1cccc(Cl)c1)N(C)C(=O)Nc1cccc(C(N)=O)c1. The Morgan fingerprint density at radius 2 is 1.87 bits per heavy atom. The van der Waals surface area contributed by atoms with Crippen molar-refractivity contribution in [1.82, 2.24) is 4.90 Å². The number of rotatable bonds is 4. The lowest BCUT2D eigenvalue weighted by atomic mass is 10.1. The standard InChI is InChI=1S/C17H18ClN3O2/c1-11(12-5-3-7-14(18)9-12)21(2)17(23)20-15-8-4-6-13(10-15)16(19)22/h3-11H,1-2H3,(H2,19,22)(H,20,23). The van der Waals surface area contributed by atoms with Crippen LogP contribution in [0.3, 0.4) is 0 Å². The van der Waals surface area contributed by atoms with E-state index in [1.807, 2.05) is 25.1 Å². The molecule has 0 saturated carbocycles. The lowest BCUT2D eigenvalue weighted by Crippen LogP contribution is -2.33. The highest BCUT2D eigenvalue weighted by atomic mass is 35.5. The Hall–Kier alpha value is -2.53. The molecule has 23 heavy (non-hydrogen) atoms. The van der Waals surface area contributed by atoms with E-state index in [1.54, 1.807) is 36.2 Å². The summed E-state index contributed by atoms with van der Waals surface area (Å²) in [5.41, 5.74) is 7.02. The molecule has 2 aromatic rings. The van der Waals surface area contributed by atoms with Crippen molar-refractivity contribution >= 4 is 29.2 Å². The fraction of sp³-hybridized carbons (Fsp3) is 0.176. The van der Waals surface area contributed by atoms with Crippen LogP contribution in [0.4, 0.5) is 10.5 Å². The number of hydrogen-bond acceptors (Lipinski definition) is 2. The van der Waals surface area contributed by atoms with Gasteiger partial charge in [0, 0.05) is 23.3 Å². The molecule has 3 N–H and O–H groups in total. The van der Waals surface area contributed by atoms with Crippen LogP contribution in [-0.4, -0.2) is 23.9 Å². The molecule has 1 atom stereocenters. The first-order chi connectivity index (χ1) is 10.9. The number of amides is 3. The van der Waals surface area contributed by atoms with E-state index in [2.05, 4.69) is 5.32 Å². The molecule has 0 aliphatic heterocycles. The van der Waals surface area contributed by atoms with Gasteiger partial charge in [-0.05, 0) is 42.8 Å². The van der Waals surface area contributed by atoms with Gasteiger partial charge in [-0.2, -0.15) is 0 Å². The van der Waals surface area contributed by atoms with Crippen molar-refractivity contribution in [2.24, 2.45) is 5.73 Å². The van der Waals surface area contributed by atoms with Crippen molar-refractivity contribution in [3.8, 4) is 0 Å². The lowest BCUT2D eigenvalue weighted by Gasteiger charge is -2.25. The maximum atomic E-state index is 12.4. The third-order valence-electron chi connectivity index (χ3n) is 3.63. The molecule has 0 saturated heterocycles. The monoisotopic (exact) mass is 331 g/mol. The summed E-state index contributed by atoms with van der Waals surface area (Å²) >= 11 is 5.99. The highest BCUT2D eigenvalue weighted by molar-refractivity contribution is 6.30. The molecule has 0 bridgehead atoms. The van der Waals surface area contributed by atoms with E-state index < -0.39 is 5.91 Å². The first kappa shape index (κ1) is 16.8. The lowest BCUT2D eigenvalue weighted by molar-refractivity contribution is 0.1000. The molecule has 6 heteroatoms. The van der Waals surface area contributed by atoms with Crippen molar-refractivity contribution in [2.75, 3.05) is 12.4 Å². The molecule has 120 valence electrons. The van der Waals surface area contributed by atoms with Gasteiger partial charge in [0.15, 0.2) is 0 Å². The number of nitrogens with two attached hydrogens (primary N) is 1. The fourth-order valence-electron chi connectivity index (χ4n) is 2.13. The molecule has 0 spiro atoms. The van der Waals surface area contributed by atoms with Crippen LogP contribution in [0.2, 0.25) is 5.02 Å². The minimum absolute atomic E-state index is 0.159. The minimum Gasteiger partial charge on any atom is -0.366 e. The van der Waals surface area contributed by atoms with Crippen LogP contribution < -0.4 is 11.1 Å². The molecule has 2 rings (SSSR count). The molecule has 0 radical (unpaired) electrons. The van der Waals surface area contributed by atoms with E-state index >= 15 is 0 Å². The smallest absolute Gasteiger partial charge is 0.322 e. The summed E-state index contributed by atoms with van der Waals surface area (Å²) in [4.78, 5) is 25.1. The van der Waals surface area contributed by atoms with E-state index in [0.717, 1.165) is 5.56 Å². The number of primary amides is 1. The van der Waals surface area contributed by atoms with Crippen LogP contribution in [0.1, 0.15) is 28.9 Å². The molecule has 0 heterocycles. The Morgan fingerprint density at radius 1 is 1.17 bits per heavy atom. The molecule has 2 aromatic carbocycles. The minimum atomic E-state index is -0.540. The average Bonchev–Trinajstić information content (AvgIpc) is 2.53. The van der Waals surface area contributed by atoms with Gasteiger partial charge in [-0.1, -0.05) is 29.8 Å². The van der Waals surface area contributed by atoms with Crippen LogP contribution in [0.5, 0.6) is 0 Å². The Bertz CT molecular complexity index is 733. The molecule has 5 nitrogen and oxygen atoms in total. The van der Waals surface area contributed by atoms with Crippen LogP contribution in [0, 0.1) is 0 Å². The van der Waals surface area contributed by atoms with Gasteiger partial charge in [-0.15, -0.1) is 0 Å². The molecular formula is C17H18ClN3O2. The average molecular weight is 332 g/mol. The largest absolute Gasteiger partial charge is 0.366 e. The van der Waals surface area contributed by atoms with Crippen molar-refractivity contribution in [3.63, 3.8) is 0 Å². The first-order valence-corrected chi connectivity index (χ1v) is 7.45. The highest BCUT2D eigenvalue weighted by Gasteiger charge is 2.18. The van der Waals surface area contributed by atoms with Gasteiger partial charge in [0.1, 0.15) is 0 Å². The van der Waals surface area contributed by atoms with E-state index in [1.165, 1.54) is 6.07 Å². The third-order valence-corrected chi connectivity index (χ3v) is 3.87. The normalized spacial score (nSPS) is 11.6. The van der Waals surface area contributed by atoms with Crippen LogP contribution >= 0.6 is 11.6 Å². The van der Waals surface area contributed by atoms with Crippen LogP contribution in [-0.2, 0) is 0 Å². The maximum absolute atomic E-state index is 12.4. The predicted octanol–water partition coefficient (Wildman–Crippen LogP) is 3.66. The van der Waals surface area contributed by atoms with Gasteiger partial charge in [-0.25, -0.2) is 4.79 Å². The summed E-state index contributed by atoms with van der Waals surface area (Å²) in [5.74, 6) is -0.540. The second-order valence-corrected chi connectivity index (χ2v) is 5.65. The van der Waals surface area contributed by atoms with Gasteiger partial charge in [-0.3, -0.25) is 4.79 Å². The third kappa shape index (κ3) is 4.23. The molecule has 0 fully saturated rings. The second-order valence-electron chi connectivity index (χ2n) is 5.22. The Kier molecular flexibility index (Phi) is 5.24. The van der Waals surface area contributed by atoms with Crippen LogP contribution in [0.15, 0.2) is 48.5 Å². The Morgan fingerprint density at radius 3 is 2.52 bits per heavy atom. The van der Waals surface area contributed by atoms with Crippen LogP contribution in [0.25, 0.3) is 0 Å². The summed E-state index contributed by atoms with van der Waals surface area (Å²) in [6, 6.07) is 13.4. The molecule has 0 aliphatic rings. The molecule has 0 aromatic heterocycles. The summed E-state index contributed by atoms with van der Waals surface area (Å²) in [5, 5.41) is 3.37. The molecule has 1 unspecified atom stereocenters. The Labute approximate surface area is 140 Å². The molecule has 3 amide bonds. The van der Waals surface area contributed by atoms with E-state index in [9.17, 15) is 9.59 Å². The predicted molar refractivity (Wildman–Crippen MR) is 91.6 cm³/mol. The molecular weight excluding hydrogens is 314 g/mol. The zero-order chi connectivity index (χ0) is 17.0. The summed E-state index contributed by atoms with van der Waals surface area (Å²) in [7, 11) is 1.69. The second kappa shape index (κ2) is 7.15. The van der Waals surface area contributed by atoms with Crippen molar-refractivity contribution in [3.05, 3.63) is 64.7 Å².